The van der Waals surface area contributed by atoms with E-state index in [1.165, 1.54) is 0 Å². The van der Waals surface area contributed by atoms with E-state index in [0.29, 0.717) is 12.7 Å². The smallest absolute Gasteiger partial charge is 0.243 e. The molecule has 0 bridgehead atoms. The van der Waals surface area contributed by atoms with E-state index in [0.717, 1.165) is 35.4 Å². The van der Waals surface area contributed by atoms with Crippen molar-refractivity contribution in [1.82, 2.24) is 9.62 Å². The second-order valence-corrected chi connectivity index (χ2v) is 8.11. The Hall–Kier alpha value is -2.03. The molecule has 5 nitrogen and oxygen atoms in total. The van der Waals surface area contributed by atoms with Crippen molar-refractivity contribution in [3.05, 3.63) is 59.2 Å². The van der Waals surface area contributed by atoms with Crippen molar-refractivity contribution in [1.29, 1.82) is 0 Å². The van der Waals surface area contributed by atoms with E-state index >= 15 is 0 Å². The van der Waals surface area contributed by atoms with Gasteiger partial charge in [0, 0.05) is 19.0 Å². The summed E-state index contributed by atoms with van der Waals surface area (Å²) >= 11 is 0. The van der Waals surface area contributed by atoms with Gasteiger partial charge in [-0.3, -0.25) is 0 Å². The fourth-order valence-corrected chi connectivity index (χ4v) is 4.09. The molecule has 0 spiro atoms. The zero-order valence-corrected chi connectivity index (χ0v) is 15.3. The molecule has 26 heavy (non-hydrogen) atoms. The minimum Gasteiger partial charge on any atom is -0.493 e. The van der Waals surface area contributed by atoms with Gasteiger partial charge < -0.3 is 9.64 Å². The molecule has 1 N–H and O–H groups in total. The van der Waals surface area contributed by atoms with Crippen LogP contribution in [0, 0.1) is 11.6 Å². The molecule has 1 heterocycles. The largest absolute Gasteiger partial charge is 0.493 e. The highest BCUT2D eigenvalue weighted by Crippen LogP contribution is 2.29. The Kier molecular flexibility index (Phi) is 5.27. The fourth-order valence-electron chi connectivity index (χ4n) is 2.96. The van der Waals surface area contributed by atoms with E-state index in [4.69, 9.17) is 4.74 Å². The van der Waals surface area contributed by atoms with E-state index in [1.54, 1.807) is 0 Å². The van der Waals surface area contributed by atoms with Crippen LogP contribution in [0.5, 0.6) is 5.75 Å². The summed E-state index contributed by atoms with van der Waals surface area (Å²) in [6.07, 6.45) is 0.809. The first-order chi connectivity index (χ1) is 12.3. The monoisotopic (exact) mass is 382 g/mol. The van der Waals surface area contributed by atoms with Gasteiger partial charge in [0.1, 0.15) is 22.3 Å². The van der Waals surface area contributed by atoms with Crippen molar-refractivity contribution in [2.45, 2.75) is 17.4 Å². The maximum atomic E-state index is 13.8. The molecule has 0 aliphatic carbocycles. The second-order valence-electron chi connectivity index (χ2n) is 6.37. The van der Waals surface area contributed by atoms with Gasteiger partial charge in [-0.05, 0) is 49.5 Å². The van der Waals surface area contributed by atoms with Gasteiger partial charge in [-0.15, -0.1) is 0 Å². The number of likely N-dealkylation sites (N-methyl/N-ethyl adjacent to an activating group) is 1. The molecule has 1 aliphatic rings. The average molecular weight is 382 g/mol. The van der Waals surface area contributed by atoms with Gasteiger partial charge in [-0.2, -0.15) is 0 Å². The van der Waals surface area contributed by atoms with Gasteiger partial charge in [0.05, 0.1) is 6.61 Å². The molecule has 0 radical (unpaired) electrons. The number of sulfonamides is 1. The van der Waals surface area contributed by atoms with Crippen LogP contribution in [0.2, 0.25) is 0 Å². The van der Waals surface area contributed by atoms with Crippen molar-refractivity contribution in [3.63, 3.8) is 0 Å². The van der Waals surface area contributed by atoms with Crippen molar-refractivity contribution in [2.24, 2.45) is 0 Å². The number of hydrogen-bond donors (Lipinski definition) is 1. The average Bonchev–Trinajstić information content (AvgIpc) is 3.04. The first-order valence-corrected chi connectivity index (χ1v) is 9.63. The molecule has 0 aromatic heterocycles. The highest BCUT2D eigenvalue weighted by atomic mass is 32.2. The fraction of sp³-hybridized carbons (Fsp3) is 0.333. The summed E-state index contributed by atoms with van der Waals surface area (Å²) in [7, 11) is -0.528. The highest BCUT2D eigenvalue weighted by molar-refractivity contribution is 7.89. The number of fused-ring (bicyclic) bond motifs is 1. The van der Waals surface area contributed by atoms with Gasteiger partial charge in [-0.1, -0.05) is 12.1 Å². The summed E-state index contributed by atoms with van der Waals surface area (Å²) in [5.74, 6) is -0.960. The molecular formula is C18H20F2N2O3S. The third-order valence-corrected chi connectivity index (χ3v) is 5.81. The van der Waals surface area contributed by atoms with Crippen LogP contribution in [-0.2, 0) is 16.4 Å². The predicted molar refractivity (Wildman–Crippen MR) is 93.6 cm³/mol. The van der Waals surface area contributed by atoms with Gasteiger partial charge in [0.25, 0.3) is 0 Å². The van der Waals surface area contributed by atoms with Crippen molar-refractivity contribution in [3.8, 4) is 5.75 Å². The standard InChI is InChI=1S/C18H20F2N2O3S/c1-22(2)16(12-3-6-17-13(9-12)7-8-25-17)11-21-26(23,24)18-10-14(19)4-5-15(18)20/h3-6,9-10,16,21H,7-8,11H2,1-2H3. The third kappa shape index (κ3) is 3.87. The number of hydrogen-bond acceptors (Lipinski definition) is 4. The van der Waals surface area contributed by atoms with Crippen LogP contribution in [0.15, 0.2) is 41.3 Å². The number of nitrogens with one attached hydrogen (secondary N) is 1. The maximum Gasteiger partial charge on any atom is 0.243 e. The van der Waals surface area contributed by atoms with Crippen LogP contribution >= 0.6 is 0 Å². The zero-order chi connectivity index (χ0) is 18.9. The van der Waals surface area contributed by atoms with Crippen molar-refractivity contribution in [2.75, 3.05) is 27.2 Å². The lowest BCUT2D eigenvalue weighted by Gasteiger charge is -2.25. The first-order valence-electron chi connectivity index (χ1n) is 8.15. The molecule has 140 valence electrons. The van der Waals surface area contributed by atoms with Crippen LogP contribution in [0.25, 0.3) is 0 Å². The highest BCUT2D eigenvalue weighted by Gasteiger charge is 2.24. The molecule has 3 rings (SSSR count). The van der Waals surface area contributed by atoms with E-state index in [-0.39, 0.29) is 12.6 Å². The Bertz CT molecular complexity index is 917. The van der Waals surface area contributed by atoms with Crippen molar-refractivity contribution < 1.29 is 21.9 Å². The Morgan fingerprint density at radius 3 is 2.69 bits per heavy atom. The predicted octanol–water partition coefficient (Wildman–Crippen LogP) is 2.48. The lowest BCUT2D eigenvalue weighted by Crippen LogP contribution is -2.35. The number of halogens is 2. The number of ether oxygens (including phenoxy) is 1. The number of nitrogens with zero attached hydrogens (tertiary/aromatic N) is 1. The lowest BCUT2D eigenvalue weighted by atomic mass is 10.0. The summed E-state index contributed by atoms with van der Waals surface area (Å²) in [6.45, 7) is 0.655. The van der Waals surface area contributed by atoms with Crippen LogP contribution in [0.1, 0.15) is 17.2 Å². The van der Waals surface area contributed by atoms with Crippen LogP contribution in [-0.4, -0.2) is 40.6 Å². The number of benzene rings is 2. The summed E-state index contributed by atoms with van der Waals surface area (Å²) < 4.78 is 59.8. The molecule has 2 aromatic rings. The van der Waals surface area contributed by atoms with Gasteiger partial charge in [0.2, 0.25) is 10.0 Å². The molecule has 0 saturated heterocycles. The molecule has 1 unspecified atom stereocenters. The first kappa shape index (κ1) is 18.8. The van der Waals surface area contributed by atoms with Crippen LogP contribution in [0.4, 0.5) is 8.78 Å². The normalized spacial score (nSPS) is 15.0. The number of rotatable bonds is 6. The van der Waals surface area contributed by atoms with Gasteiger partial charge in [0.15, 0.2) is 0 Å². The minimum atomic E-state index is -4.18. The topological polar surface area (TPSA) is 58.6 Å². The molecule has 0 fully saturated rings. The van der Waals surface area contributed by atoms with Gasteiger partial charge >= 0.3 is 0 Å². The van der Waals surface area contributed by atoms with E-state index in [2.05, 4.69) is 4.72 Å². The Morgan fingerprint density at radius 2 is 1.96 bits per heavy atom. The summed E-state index contributed by atoms with van der Waals surface area (Å²) in [5, 5.41) is 0. The molecule has 8 heteroatoms. The zero-order valence-electron chi connectivity index (χ0n) is 14.5. The SMILES string of the molecule is CN(C)C(CNS(=O)(=O)c1cc(F)ccc1F)c1ccc2c(c1)CCO2. The molecule has 1 aliphatic heterocycles. The summed E-state index contributed by atoms with van der Waals surface area (Å²) in [5.41, 5.74) is 2.00. The van der Waals surface area contributed by atoms with Crippen molar-refractivity contribution >= 4 is 10.0 Å². The Balaban J connectivity index is 1.82. The van der Waals surface area contributed by atoms with Crippen LogP contribution < -0.4 is 9.46 Å². The van der Waals surface area contributed by atoms with Crippen LogP contribution in [0.3, 0.4) is 0 Å². The molecular weight excluding hydrogens is 362 g/mol. The minimum absolute atomic E-state index is 0.0188. The molecule has 2 aromatic carbocycles. The van der Waals surface area contributed by atoms with E-state index in [9.17, 15) is 17.2 Å². The third-order valence-electron chi connectivity index (χ3n) is 4.37. The Labute approximate surface area is 151 Å². The van der Waals surface area contributed by atoms with Gasteiger partial charge in [-0.25, -0.2) is 21.9 Å². The molecule has 1 atom stereocenters. The van der Waals surface area contributed by atoms with E-state index in [1.807, 2.05) is 37.2 Å². The molecule has 0 amide bonds. The van der Waals surface area contributed by atoms with E-state index < -0.39 is 26.6 Å². The lowest BCUT2D eigenvalue weighted by molar-refractivity contribution is 0.299. The molecule has 0 saturated carbocycles. The Morgan fingerprint density at radius 1 is 1.19 bits per heavy atom. The second kappa shape index (κ2) is 7.30. The summed E-state index contributed by atoms with van der Waals surface area (Å²) in [4.78, 5) is 1.17. The quantitative estimate of drug-likeness (QED) is 0.834. The summed E-state index contributed by atoms with van der Waals surface area (Å²) in [6, 6.07) is 7.82. The maximum absolute atomic E-state index is 13.8.